The third-order valence-corrected chi connectivity index (χ3v) is 2.64. The quantitative estimate of drug-likeness (QED) is 0.666. The number of nitrogens with two attached hydrogens (primary N) is 1. The Bertz CT molecular complexity index is 475. The van der Waals surface area contributed by atoms with Crippen molar-refractivity contribution in [3.05, 3.63) is 23.8 Å². The molecule has 0 unspecified atom stereocenters. The van der Waals surface area contributed by atoms with Crippen LogP contribution in [-0.4, -0.2) is 15.5 Å². The van der Waals surface area contributed by atoms with Crippen LogP contribution in [0.5, 0.6) is 0 Å². The molecular formula is C7H9F2N3O2S. The van der Waals surface area contributed by atoms with Gasteiger partial charge in [-0.2, -0.15) is 8.42 Å². The molecule has 1 aromatic rings. The third kappa shape index (κ3) is 2.54. The lowest BCUT2D eigenvalue weighted by atomic mass is 10.2. The van der Waals surface area contributed by atoms with E-state index in [0.717, 1.165) is 19.2 Å². The minimum absolute atomic E-state index is 0.201. The first-order valence-corrected chi connectivity index (χ1v) is 5.30. The van der Waals surface area contributed by atoms with Gasteiger partial charge in [0.25, 0.3) is 10.2 Å². The van der Waals surface area contributed by atoms with Crippen molar-refractivity contribution in [1.29, 1.82) is 0 Å². The summed E-state index contributed by atoms with van der Waals surface area (Å²) >= 11 is 0. The number of benzene rings is 1. The number of anilines is 2. The fraction of sp³-hybridized carbons (Fsp3) is 0.143. The van der Waals surface area contributed by atoms with E-state index in [4.69, 9.17) is 5.73 Å². The van der Waals surface area contributed by atoms with Gasteiger partial charge in [-0.05, 0) is 12.1 Å². The van der Waals surface area contributed by atoms with Gasteiger partial charge >= 0.3 is 0 Å². The standard InChI is InChI=1S/C7H9F2N3O2S/c1-11-15(13,14)12-7-5(10)3-2-4(8)6(7)9/h2-3,11-12H,10H2,1H3. The Morgan fingerprint density at radius 2 is 1.93 bits per heavy atom. The Labute approximate surface area is 85.5 Å². The largest absolute Gasteiger partial charge is 0.397 e. The third-order valence-electron chi connectivity index (χ3n) is 1.63. The topological polar surface area (TPSA) is 84.2 Å². The lowest BCUT2D eigenvalue weighted by Gasteiger charge is -2.10. The fourth-order valence-electron chi connectivity index (χ4n) is 0.855. The number of nitrogens with one attached hydrogen (secondary N) is 2. The molecule has 0 atom stereocenters. The number of nitrogen functional groups attached to an aromatic ring is 1. The zero-order valence-electron chi connectivity index (χ0n) is 7.71. The summed E-state index contributed by atoms with van der Waals surface area (Å²) in [5.41, 5.74) is 4.48. The summed E-state index contributed by atoms with van der Waals surface area (Å²) in [6, 6.07) is 1.87. The minimum Gasteiger partial charge on any atom is -0.397 e. The van der Waals surface area contributed by atoms with Crippen molar-refractivity contribution < 1.29 is 17.2 Å². The summed E-state index contributed by atoms with van der Waals surface area (Å²) in [4.78, 5) is 0. The van der Waals surface area contributed by atoms with Gasteiger partial charge in [0.15, 0.2) is 11.6 Å². The highest BCUT2D eigenvalue weighted by molar-refractivity contribution is 7.90. The molecule has 0 radical (unpaired) electrons. The number of hydrogen-bond donors (Lipinski definition) is 3. The number of halogens is 2. The van der Waals surface area contributed by atoms with E-state index in [0.29, 0.717) is 0 Å². The first-order chi connectivity index (χ1) is 6.87. The highest BCUT2D eigenvalue weighted by Gasteiger charge is 2.16. The van der Waals surface area contributed by atoms with Crippen LogP contribution in [-0.2, 0) is 10.2 Å². The summed E-state index contributed by atoms with van der Waals surface area (Å²) in [5.74, 6) is -2.52. The van der Waals surface area contributed by atoms with E-state index >= 15 is 0 Å². The van der Waals surface area contributed by atoms with Crippen LogP contribution in [0, 0.1) is 11.6 Å². The minimum atomic E-state index is -3.92. The molecule has 84 valence electrons. The second-order valence-corrected chi connectivity index (χ2v) is 4.25. The molecule has 0 heterocycles. The molecule has 8 heteroatoms. The summed E-state index contributed by atoms with van der Waals surface area (Å²) in [6.07, 6.45) is 0. The Kier molecular flexibility index (Phi) is 3.10. The Balaban J connectivity index is 3.21. The van der Waals surface area contributed by atoms with E-state index in [1.54, 1.807) is 4.72 Å². The van der Waals surface area contributed by atoms with E-state index in [1.165, 1.54) is 0 Å². The lowest BCUT2D eigenvalue weighted by Crippen LogP contribution is -2.27. The normalized spacial score (nSPS) is 11.4. The van der Waals surface area contributed by atoms with Crippen LogP contribution in [0.25, 0.3) is 0 Å². The molecule has 0 aromatic heterocycles. The molecule has 0 aliphatic rings. The van der Waals surface area contributed by atoms with Gasteiger partial charge in [0.2, 0.25) is 0 Å². The van der Waals surface area contributed by atoms with Crippen molar-refractivity contribution in [3.63, 3.8) is 0 Å². The Morgan fingerprint density at radius 3 is 2.47 bits per heavy atom. The van der Waals surface area contributed by atoms with Gasteiger partial charge in [-0.25, -0.2) is 13.5 Å². The molecule has 0 saturated heterocycles. The van der Waals surface area contributed by atoms with Gasteiger partial charge in [0, 0.05) is 7.05 Å². The molecule has 15 heavy (non-hydrogen) atoms. The number of hydrogen-bond acceptors (Lipinski definition) is 3. The molecule has 0 aliphatic heterocycles. The van der Waals surface area contributed by atoms with Gasteiger partial charge in [-0.1, -0.05) is 0 Å². The molecule has 0 bridgehead atoms. The van der Waals surface area contributed by atoms with Crippen molar-refractivity contribution in [2.45, 2.75) is 0 Å². The maximum Gasteiger partial charge on any atom is 0.299 e. The van der Waals surface area contributed by atoms with Gasteiger partial charge in [0.05, 0.1) is 5.69 Å². The molecule has 5 nitrogen and oxygen atoms in total. The van der Waals surface area contributed by atoms with E-state index in [9.17, 15) is 17.2 Å². The zero-order chi connectivity index (χ0) is 11.6. The zero-order valence-corrected chi connectivity index (χ0v) is 8.53. The average molecular weight is 237 g/mol. The maximum absolute atomic E-state index is 13.1. The first-order valence-electron chi connectivity index (χ1n) is 3.82. The summed E-state index contributed by atoms with van der Waals surface area (Å²) in [5, 5.41) is 0. The lowest BCUT2D eigenvalue weighted by molar-refractivity contribution is 0.512. The van der Waals surface area contributed by atoms with Gasteiger partial charge in [0.1, 0.15) is 5.69 Å². The summed E-state index contributed by atoms with van der Waals surface area (Å²) < 4.78 is 51.6. The van der Waals surface area contributed by atoms with Crippen molar-refractivity contribution in [2.75, 3.05) is 17.5 Å². The second-order valence-electron chi connectivity index (χ2n) is 2.64. The predicted octanol–water partition coefficient (Wildman–Crippen LogP) is 0.423. The van der Waals surface area contributed by atoms with Crippen molar-refractivity contribution in [1.82, 2.24) is 4.72 Å². The van der Waals surface area contributed by atoms with Crippen LogP contribution in [0.15, 0.2) is 12.1 Å². The Hall–Kier alpha value is -1.41. The van der Waals surface area contributed by atoms with Gasteiger partial charge in [-0.15, -0.1) is 0 Å². The van der Waals surface area contributed by atoms with Crippen LogP contribution < -0.4 is 15.2 Å². The molecule has 0 aliphatic carbocycles. The molecule has 1 aromatic carbocycles. The van der Waals surface area contributed by atoms with Crippen LogP contribution in [0.1, 0.15) is 0 Å². The van der Waals surface area contributed by atoms with Crippen molar-refractivity contribution >= 4 is 21.6 Å². The van der Waals surface area contributed by atoms with E-state index in [-0.39, 0.29) is 5.69 Å². The van der Waals surface area contributed by atoms with Crippen LogP contribution in [0.2, 0.25) is 0 Å². The van der Waals surface area contributed by atoms with Gasteiger partial charge in [-0.3, -0.25) is 4.72 Å². The van der Waals surface area contributed by atoms with Crippen molar-refractivity contribution in [3.8, 4) is 0 Å². The van der Waals surface area contributed by atoms with Crippen LogP contribution in [0.3, 0.4) is 0 Å². The molecular weight excluding hydrogens is 228 g/mol. The molecule has 0 saturated carbocycles. The Morgan fingerprint density at radius 1 is 1.33 bits per heavy atom. The molecule has 0 amide bonds. The van der Waals surface area contributed by atoms with Gasteiger partial charge < -0.3 is 5.73 Å². The fourth-order valence-corrected chi connectivity index (χ4v) is 1.43. The predicted molar refractivity (Wildman–Crippen MR) is 52.4 cm³/mol. The monoisotopic (exact) mass is 237 g/mol. The average Bonchev–Trinajstić information content (AvgIpc) is 2.19. The van der Waals surface area contributed by atoms with E-state index in [2.05, 4.69) is 0 Å². The first kappa shape index (κ1) is 11.7. The van der Waals surface area contributed by atoms with Crippen molar-refractivity contribution in [2.24, 2.45) is 0 Å². The van der Waals surface area contributed by atoms with E-state index in [1.807, 2.05) is 4.72 Å². The molecule has 1 rings (SSSR count). The molecule has 4 N–H and O–H groups in total. The highest BCUT2D eigenvalue weighted by atomic mass is 32.2. The SMILES string of the molecule is CNS(=O)(=O)Nc1c(N)ccc(F)c1F. The maximum atomic E-state index is 13.1. The van der Waals surface area contributed by atoms with Crippen LogP contribution >= 0.6 is 0 Å². The highest BCUT2D eigenvalue weighted by Crippen LogP contribution is 2.25. The second kappa shape index (κ2) is 3.99. The summed E-state index contributed by atoms with van der Waals surface area (Å²) in [7, 11) is -2.80. The summed E-state index contributed by atoms with van der Waals surface area (Å²) in [6.45, 7) is 0. The molecule has 0 spiro atoms. The molecule has 0 fully saturated rings. The smallest absolute Gasteiger partial charge is 0.299 e. The van der Waals surface area contributed by atoms with E-state index < -0.39 is 27.5 Å². The van der Waals surface area contributed by atoms with Crippen LogP contribution in [0.4, 0.5) is 20.2 Å². The number of rotatable bonds is 3.